The van der Waals surface area contributed by atoms with Crippen molar-refractivity contribution in [3.63, 3.8) is 0 Å². The number of rotatable bonds is 4. The van der Waals surface area contributed by atoms with Crippen LogP contribution in [-0.4, -0.2) is 28.2 Å². The van der Waals surface area contributed by atoms with Crippen LogP contribution < -0.4 is 0 Å². The molecule has 0 saturated heterocycles. The van der Waals surface area contributed by atoms with Gasteiger partial charge in [0.25, 0.3) is 0 Å². The smallest absolute Gasteiger partial charge is 0.105 e. The number of aliphatic hydroxyl groups excluding tert-OH is 2. The van der Waals surface area contributed by atoms with Gasteiger partial charge in [0.05, 0.1) is 0 Å². The fraction of sp³-hybridized carbons (Fsp3) is 0.286. The third-order valence-corrected chi connectivity index (χ3v) is 3.74. The molecule has 0 aliphatic heterocycles. The zero-order chi connectivity index (χ0) is 12.1. The summed E-state index contributed by atoms with van der Waals surface area (Å²) in [6.07, 6.45) is 4.61. The lowest BCUT2D eigenvalue weighted by Crippen LogP contribution is -2.28. The van der Waals surface area contributed by atoms with E-state index in [1.165, 1.54) is 4.90 Å². The molecule has 1 aromatic carbocycles. The fourth-order valence-corrected chi connectivity index (χ4v) is 2.67. The minimum absolute atomic E-state index is 0.739. The molecule has 1 aromatic rings. The van der Waals surface area contributed by atoms with Gasteiger partial charge in [-0.25, -0.2) is 0 Å². The maximum absolute atomic E-state index is 9.76. The number of benzene rings is 1. The molecule has 2 N–H and O–H groups in total. The van der Waals surface area contributed by atoms with E-state index in [9.17, 15) is 10.2 Å². The first-order chi connectivity index (χ1) is 8.27. The normalized spacial score (nSPS) is 23.5. The zero-order valence-electron chi connectivity index (χ0n) is 9.49. The molecule has 0 saturated carbocycles. The van der Waals surface area contributed by atoms with E-state index in [0.29, 0.717) is 0 Å². The highest BCUT2D eigenvalue weighted by Crippen LogP contribution is 2.23. The van der Waals surface area contributed by atoms with E-state index in [4.69, 9.17) is 0 Å². The van der Waals surface area contributed by atoms with E-state index in [-0.39, 0.29) is 0 Å². The van der Waals surface area contributed by atoms with Crippen LogP contribution in [0.2, 0.25) is 0 Å². The van der Waals surface area contributed by atoms with Gasteiger partial charge in [0.1, 0.15) is 12.2 Å². The van der Waals surface area contributed by atoms with E-state index < -0.39 is 12.2 Å². The zero-order valence-corrected chi connectivity index (χ0v) is 10.3. The molecule has 1 aliphatic rings. The number of thioether (sulfide) groups is 1. The highest BCUT2D eigenvalue weighted by molar-refractivity contribution is 7.99. The molecule has 0 amide bonds. The Labute approximate surface area is 106 Å². The van der Waals surface area contributed by atoms with Crippen molar-refractivity contribution in [1.29, 1.82) is 0 Å². The minimum atomic E-state index is -0.753. The molecule has 0 radical (unpaired) electrons. The second-order valence-electron chi connectivity index (χ2n) is 3.97. The van der Waals surface area contributed by atoms with Crippen molar-refractivity contribution in [1.82, 2.24) is 0 Å². The number of hydrogen-bond donors (Lipinski definition) is 2. The molecule has 2 nitrogen and oxygen atoms in total. The Morgan fingerprint density at radius 3 is 2.65 bits per heavy atom. The van der Waals surface area contributed by atoms with Crippen LogP contribution in [0.3, 0.4) is 0 Å². The van der Waals surface area contributed by atoms with Crippen LogP contribution in [0.15, 0.2) is 59.0 Å². The van der Waals surface area contributed by atoms with Crippen LogP contribution in [-0.2, 0) is 0 Å². The second kappa shape index (κ2) is 6.05. The number of aliphatic hydroxyl groups is 2. The molecule has 0 heterocycles. The lowest BCUT2D eigenvalue weighted by molar-refractivity contribution is 0.0698. The van der Waals surface area contributed by atoms with Gasteiger partial charge < -0.3 is 10.2 Å². The summed E-state index contributed by atoms with van der Waals surface area (Å²) in [6, 6.07) is 10.2. The predicted molar refractivity (Wildman–Crippen MR) is 71.0 cm³/mol. The van der Waals surface area contributed by atoms with Crippen molar-refractivity contribution in [3.05, 3.63) is 54.1 Å². The van der Waals surface area contributed by atoms with Crippen molar-refractivity contribution in [2.75, 3.05) is 5.75 Å². The van der Waals surface area contributed by atoms with E-state index in [2.05, 4.69) is 12.1 Å². The number of allylic oxidation sites excluding steroid dienone is 2. The summed E-state index contributed by atoms with van der Waals surface area (Å²) in [5, 5.41) is 19.2. The predicted octanol–water partition coefficient (Wildman–Crippen LogP) is 2.39. The Hall–Kier alpha value is -1.03. The van der Waals surface area contributed by atoms with Gasteiger partial charge in [-0.2, -0.15) is 0 Å². The van der Waals surface area contributed by atoms with Gasteiger partial charge in [-0.05, 0) is 24.1 Å². The summed E-state index contributed by atoms with van der Waals surface area (Å²) in [4.78, 5) is 1.23. The Morgan fingerprint density at radius 2 is 1.88 bits per heavy atom. The average molecular weight is 248 g/mol. The van der Waals surface area contributed by atoms with Crippen LogP contribution in [0, 0.1) is 0 Å². The molecule has 2 rings (SSSR count). The molecule has 1 aliphatic carbocycles. The van der Waals surface area contributed by atoms with Gasteiger partial charge in [0.15, 0.2) is 0 Å². The van der Waals surface area contributed by atoms with Crippen molar-refractivity contribution < 1.29 is 10.2 Å². The van der Waals surface area contributed by atoms with Crippen LogP contribution in [0.5, 0.6) is 0 Å². The van der Waals surface area contributed by atoms with E-state index in [0.717, 1.165) is 17.7 Å². The van der Waals surface area contributed by atoms with Crippen molar-refractivity contribution in [2.45, 2.75) is 23.5 Å². The molecule has 3 heteroatoms. The van der Waals surface area contributed by atoms with E-state index >= 15 is 0 Å². The second-order valence-corrected chi connectivity index (χ2v) is 5.14. The quantitative estimate of drug-likeness (QED) is 0.804. The van der Waals surface area contributed by atoms with Crippen molar-refractivity contribution in [3.8, 4) is 0 Å². The largest absolute Gasteiger partial charge is 0.386 e. The van der Waals surface area contributed by atoms with Gasteiger partial charge >= 0.3 is 0 Å². The fourth-order valence-electron chi connectivity index (χ4n) is 1.75. The summed E-state index contributed by atoms with van der Waals surface area (Å²) >= 11 is 1.76. The van der Waals surface area contributed by atoms with E-state index in [1.54, 1.807) is 23.9 Å². The molecule has 0 spiro atoms. The lowest BCUT2D eigenvalue weighted by Gasteiger charge is -2.21. The molecule has 0 fully saturated rings. The molecule has 0 unspecified atom stereocenters. The number of hydrogen-bond acceptors (Lipinski definition) is 3. The Morgan fingerprint density at radius 1 is 1.12 bits per heavy atom. The molecular weight excluding hydrogens is 232 g/mol. The first-order valence-electron chi connectivity index (χ1n) is 5.68. The van der Waals surface area contributed by atoms with Crippen molar-refractivity contribution >= 4 is 11.8 Å². The summed E-state index contributed by atoms with van der Waals surface area (Å²) in [5.74, 6) is 0.910. The van der Waals surface area contributed by atoms with Gasteiger partial charge in [0, 0.05) is 10.6 Å². The first kappa shape index (κ1) is 12.4. The summed E-state index contributed by atoms with van der Waals surface area (Å²) in [6.45, 7) is 0. The van der Waals surface area contributed by atoms with Crippen LogP contribution in [0.4, 0.5) is 0 Å². The van der Waals surface area contributed by atoms with Crippen LogP contribution in [0.1, 0.15) is 6.42 Å². The standard InChI is InChI=1S/C14H16O2S/c15-13-8-4-5-11(14(13)16)9-10-17-12-6-2-1-3-7-12/h1-8,13-16H,9-10H2/t13-,14+/m0/s1. The SMILES string of the molecule is O[C@@H]1C(CCSc2ccccc2)=CC=C[C@@H]1O. The maximum Gasteiger partial charge on any atom is 0.105 e. The molecule has 0 bridgehead atoms. The lowest BCUT2D eigenvalue weighted by atomic mass is 9.97. The monoisotopic (exact) mass is 248 g/mol. The van der Waals surface area contributed by atoms with Crippen LogP contribution >= 0.6 is 11.8 Å². The van der Waals surface area contributed by atoms with Gasteiger partial charge in [-0.1, -0.05) is 36.4 Å². The first-order valence-corrected chi connectivity index (χ1v) is 6.67. The maximum atomic E-state index is 9.76. The third kappa shape index (κ3) is 3.46. The highest BCUT2D eigenvalue weighted by atomic mass is 32.2. The van der Waals surface area contributed by atoms with E-state index in [1.807, 2.05) is 24.3 Å². The molecular formula is C14H16O2S. The van der Waals surface area contributed by atoms with Crippen LogP contribution in [0.25, 0.3) is 0 Å². The Bertz CT molecular complexity index is 411. The Kier molecular flexibility index (Phi) is 4.42. The summed E-state index contributed by atoms with van der Waals surface area (Å²) in [7, 11) is 0. The van der Waals surface area contributed by atoms with Gasteiger partial charge in [-0.15, -0.1) is 11.8 Å². The molecule has 2 atom stereocenters. The molecule has 0 aromatic heterocycles. The topological polar surface area (TPSA) is 40.5 Å². The third-order valence-electron chi connectivity index (χ3n) is 2.72. The summed E-state index contributed by atoms with van der Waals surface area (Å²) in [5.41, 5.74) is 0.906. The molecule has 17 heavy (non-hydrogen) atoms. The Balaban J connectivity index is 1.83. The average Bonchev–Trinajstić information content (AvgIpc) is 2.36. The van der Waals surface area contributed by atoms with Gasteiger partial charge in [-0.3, -0.25) is 0 Å². The summed E-state index contributed by atoms with van der Waals surface area (Å²) < 4.78 is 0. The highest BCUT2D eigenvalue weighted by Gasteiger charge is 2.19. The molecule has 90 valence electrons. The van der Waals surface area contributed by atoms with Crippen molar-refractivity contribution in [2.24, 2.45) is 0 Å². The van der Waals surface area contributed by atoms with Gasteiger partial charge in [0.2, 0.25) is 0 Å². The minimum Gasteiger partial charge on any atom is -0.386 e.